The Hall–Kier alpha value is -2.59. The molecule has 0 radical (unpaired) electrons. The van der Waals surface area contributed by atoms with Gasteiger partial charge in [-0.25, -0.2) is 0 Å². The summed E-state index contributed by atoms with van der Waals surface area (Å²) in [6, 6.07) is 22.4. The van der Waals surface area contributed by atoms with E-state index in [0.29, 0.717) is 5.56 Å². The van der Waals surface area contributed by atoms with E-state index < -0.39 is 0 Å². The van der Waals surface area contributed by atoms with E-state index in [1.165, 1.54) is 0 Å². The van der Waals surface area contributed by atoms with Gasteiger partial charge in [-0.3, -0.25) is 4.79 Å². The number of aryl methyl sites for hydroxylation is 1. The van der Waals surface area contributed by atoms with Crippen LogP contribution in [-0.4, -0.2) is 5.91 Å². The molecule has 3 nitrogen and oxygen atoms in total. The molecule has 4 heteroatoms. The van der Waals surface area contributed by atoms with Crippen molar-refractivity contribution in [1.82, 2.24) is 0 Å². The molecule has 3 aromatic rings. The number of nitrogens with one attached hydrogen (secondary N) is 1. The van der Waals surface area contributed by atoms with Crippen LogP contribution >= 0.6 is 15.9 Å². The van der Waals surface area contributed by atoms with Crippen LogP contribution in [-0.2, 0) is 0 Å². The number of hydrogen-bond acceptors (Lipinski definition) is 2. The highest BCUT2D eigenvalue weighted by molar-refractivity contribution is 9.10. The third-order valence-corrected chi connectivity index (χ3v) is 4.38. The zero-order valence-electron chi connectivity index (χ0n) is 13.1. The summed E-state index contributed by atoms with van der Waals surface area (Å²) in [5.74, 6) is 1.35. The quantitative estimate of drug-likeness (QED) is 0.619. The van der Waals surface area contributed by atoms with Crippen molar-refractivity contribution in [2.45, 2.75) is 6.92 Å². The fraction of sp³-hybridized carbons (Fsp3) is 0.0500. The van der Waals surface area contributed by atoms with Gasteiger partial charge >= 0.3 is 0 Å². The molecule has 0 fully saturated rings. The maximum atomic E-state index is 12.3. The summed E-state index contributed by atoms with van der Waals surface area (Å²) in [5, 5.41) is 2.88. The topological polar surface area (TPSA) is 38.3 Å². The van der Waals surface area contributed by atoms with E-state index in [0.717, 1.165) is 27.2 Å². The van der Waals surface area contributed by atoms with Gasteiger partial charge < -0.3 is 10.1 Å². The lowest BCUT2D eigenvalue weighted by atomic mass is 10.1. The van der Waals surface area contributed by atoms with Crippen LogP contribution in [0.5, 0.6) is 11.5 Å². The van der Waals surface area contributed by atoms with Crippen LogP contribution < -0.4 is 10.1 Å². The lowest BCUT2D eigenvalue weighted by molar-refractivity contribution is 0.102. The number of ether oxygens (including phenoxy) is 1. The van der Waals surface area contributed by atoms with Gasteiger partial charge in [0.1, 0.15) is 11.5 Å². The maximum Gasteiger partial charge on any atom is 0.255 e. The fourth-order valence-corrected chi connectivity index (χ4v) is 2.55. The van der Waals surface area contributed by atoms with Crippen LogP contribution in [0.2, 0.25) is 0 Å². The molecule has 0 atom stereocenters. The van der Waals surface area contributed by atoms with Crippen molar-refractivity contribution in [2.75, 3.05) is 5.32 Å². The Morgan fingerprint density at radius 1 is 0.917 bits per heavy atom. The number of carbonyl (C=O) groups is 1. The molecule has 0 heterocycles. The molecule has 1 N–H and O–H groups in total. The maximum absolute atomic E-state index is 12.3. The molecule has 0 aliphatic carbocycles. The highest BCUT2D eigenvalue weighted by atomic mass is 79.9. The second-order valence-electron chi connectivity index (χ2n) is 5.36. The van der Waals surface area contributed by atoms with E-state index in [1.54, 1.807) is 0 Å². The summed E-state index contributed by atoms with van der Waals surface area (Å²) >= 11 is 3.44. The molecule has 0 aliphatic rings. The van der Waals surface area contributed by atoms with Crippen LogP contribution in [0.1, 0.15) is 15.9 Å². The zero-order chi connectivity index (χ0) is 16.9. The molecule has 120 valence electrons. The molecule has 0 aromatic heterocycles. The van der Waals surface area contributed by atoms with Gasteiger partial charge in [-0.05, 0) is 61.0 Å². The molecular formula is C20H16BrNO2. The first-order valence-electron chi connectivity index (χ1n) is 7.52. The summed E-state index contributed by atoms with van der Waals surface area (Å²) < 4.78 is 6.65. The van der Waals surface area contributed by atoms with Crippen molar-refractivity contribution >= 4 is 27.5 Å². The van der Waals surface area contributed by atoms with Gasteiger partial charge in [-0.1, -0.05) is 40.2 Å². The largest absolute Gasteiger partial charge is 0.457 e. The number of rotatable bonds is 4. The number of anilines is 1. The molecule has 0 unspecified atom stereocenters. The van der Waals surface area contributed by atoms with Gasteiger partial charge in [0.2, 0.25) is 0 Å². The third kappa shape index (κ3) is 4.03. The van der Waals surface area contributed by atoms with Crippen molar-refractivity contribution in [1.29, 1.82) is 0 Å². The van der Waals surface area contributed by atoms with E-state index >= 15 is 0 Å². The molecule has 0 saturated carbocycles. The fourth-order valence-electron chi connectivity index (χ4n) is 2.17. The molecular weight excluding hydrogens is 366 g/mol. The van der Waals surface area contributed by atoms with E-state index in [9.17, 15) is 4.79 Å². The molecule has 24 heavy (non-hydrogen) atoms. The summed E-state index contributed by atoms with van der Waals surface area (Å²) in [6.07, 6.45) is 0. The van der Waals surface area contributed by atoms with Crippen molar-refractivity contribution in [2.24, 2.45) is 0 Å². The highest BCUT2D eigenvalue weighted by Crippen LogP contribution is 2.23. The van der Waals surface area contributed by atoms with E-state index in [2.05, 4.69) is 21.2 Å². The molecule has 1 amide bonds. The molecule has 0 bridgehead atoms. The number of benzene rings is 3. The predicted molar refractivity (Wildman–Crippen MR) is 99.8 cm³/mol. The first-order chi connectivity index (χ1) is 11.6. The Labute approximate surface area is 149 Å². The number of amides is 1. The van der Waals surface area contributed by atoms with Crippen molar-refractivity contribution < 1.29 is 9.53 Å². The number of hydrogen-bond donors (Lipinski definition) is 1. The van der Waals surface area contributed by atoms with Crippen LogP contribution in [0, 0.1) is 6.92 Å². The van der Waals surface area contributed by atoms with Gasteiger partial charge in [0.05, 0.1) is 0 Å². The third-order valence-electron chi connectivity index (χ3n) is 3.53. The second kappa shape index (κ2) is 7.32. The first kappa shape index (κ1) is 16.3. The monoisotopic (exact) mass is 381 g/mol. The number of carbonyl (C=O) groups excluding carboxylic acids is 1. The van der Waals surface area contributed by atoms with Crippen molar-refractivity contribution in [3.05, 3.63) is 88.4 Å². The predicted octanol–water partition coefficient (Wildman–Crippen LogP) is 5.80. The van der Waals surface area contributed by atoms with E-state index in [-0.39, 0.29) is 5.91 Å². The Balaban J connectivity index is 1.67. The molecule has 3 rings (SSSR count). The highest BCUT2D eigenvalue weighted by Gasteiger charge is 2.08. The van der Waals surface area contributed by atoms with Crippen molar-refractivity contribution in [3.8, 4) is 11.5 Å². The van der Waals surface area contributed by atoms with Gasteiger partial charge in [0.25, 0.3) is 5.91 Å². The summed E-state index contributed by atoms with van der Waals surface area (Å²) in [4.78, 5) is 12.3. The lowest BCUT2D eigenvalue weighted by Gasteiger charge is -2.09. The van der Waals surface area contributed by atoms with Crippen LogP contribution in [0.25, 0.3) is 0 Å². The minimum Gasteiger partial charge on any atom is -0.457 e. The van der Waals surface area contributed by atoms with Crippen molar-refractivity contribution in [3.63, 3.8) is 0 Å². The van der Waals surface area contributed by atoms with Gasteiger partial charge in [0, 0.05) is 15.7 Å². The lowest BCUT2D eigenvalue weighted by Crippen LogP contribution is -2.11. The standard InChI is InChI=1S/C20H16BrNO2/c1-14-7-8-15(13-19(14)21)20(23)22-16-9-11-18(12-10-16)24-17-5-3-2-4-6-17/h2-13H,1H3,(H,22,23). The van der Waals surface area contributed by atoms with Gasteiger partial charge in [0.15, 0.2) is 0 Å². The van der Waals surface area contributed by atoms with Crippen LogP contribution in [0.15, 0.2) is 77.3 Å². The minimum absolute atomic E-state index is 0.146. The van der Waals surface area contributed by atoms with Gasteiger partial charge in [-0.2, -0.15) is 0 Å². The molecule has 0 saturated heterocycles. The Morgan fingerprint density at radius 3 is 2.25 bits per heavy atom. The zero-order valence-corrected chi connectivity index (χ0v) is 14.7. The summed E-state index contributed by atoms with van der Waals surface area (Å²) in [5.41, 5.74) is 2.42. The molecule has 3 aromatic carbocycles. The SMILES string of the molecule is Cc1ccc(C(=O)Nc2ccc(Oc3ccccc3)cc2)cc1Br. The smallest absolute Gasteiger partial charge is 0.255 e. The average Bonchev–Trinajstić information content (AvgIpc) is 2.60. The minimum atomic E-state index is -0.146. The second-order valence-corrected chi connectivity index (χ2v) is 6.21. The van der Waals surface area contributed by atoms with Gasteiger partial charge in [-0.15, -0.1) is 0 Å². The Bertz CT molecular complexity index is 845. The summed E-state index contributed by atoms with van der Waals surface area (Å²) in [6.45, 7) is 1.98. The van der Waals surface area contributed by atoms with Crippen LogP contribution in [0.3, 0.4) is 0 Å². The Kier molecular flexibility index (Phi) is 4.96. The summed E-state index contributed by atoms with van der Waals surface area (Å²) in [7, 11) is 0. The average molecular weight is 382 g/mol. The Morgan fingerprint density at radius 2 is 1.58 bits per heavy atom. The molecule has 0 aliphatic heterocycles. The normalized spacial score (nSPS) is 10.2. The van der Waals surface area contributed by atoms with E-state index in [4.69, 9.17) is 4.74 Å². The number of para-hydroxylation sites is 1. The molecule has 0 spiro atoms. The number of halogens is 1. The van der Waals surface area contributed by atoms with Crippen LogP contribution in [0.4, 0.5) is 5.69 Å². The van der Waals surface area contributed by atoms with E-state index in [1.807, 2.05) is 79.7 Å². The first-order valence-corrected chi connectivity index (χ1v) is 8.31.